The molecular formula is C31H25ClN4O2S3. The molecule has 5 aromatic rings. The van der Waals surface area contributed by atoms with Gasteiger partial charge in [0, 0.05) is 26.5 Å². The number of thiocarbonyl (C=S) groups is 1. The van der Waals surface area contributed by atoms with Crippen LogP contribution in [0, 0.1) is 0 Å². The lowest BCUT2D eigenvalue weighted by atomic mass is 10.1. The Bertz CT molecular complexity index is 1650. The first-order chi connectivity index (χ1) is 20.0. The zero-order valence-electron chi connectivity index (χ0n) is 21.8. The molecular weight excluding hydrogens is 592 g/mol. The minimum atomic E-state index is -0.506. The molecule has 4 aromatic carbocycles. The largest absolute Gasteiger partial charge is 0.495 e. The van der Waals surface area contributed by atoms with E-state index in [9.17, 15) is 4.79 Å². The van der Waals surface area contributed by atoms with E-state index in [2.05, 4.69) is 20.9 Å². The van der Waals surface area contributed by atoms with Crippen LogP contribution in [0.2, 0.25) is 5.02 Å². The number of ether oxygens (including phenoxy) is 1. The van der Waals surface area contributed by atoms with Gasteiger partial charge in [0.05, 0.1) is 18.5 Å². The number of hydrogen-bond donors (Lipinski definition) is 3. The van der Waals surface area contributed by atoms with Gasteiger partial charge in [-0.15, -0.1) is 23.1 Å². The van der Waals surface area contributed by atoms with Crippen LogP contribution < -0.4 is 20.7 Å². The van der Waals surface area contributed by atoms with Gasteiger partial charge in [0.1, 0.15) is 11.0 Å². The number of aromatic nitrogens is 1. The fraction of sp³-hybridized carbons (Fsp3) is 0.0645. The lowest BCUT2D eigenvalue weighted by Crippen LogP contribution is -2.20. The molecule has 1 aromatic heterocycles. The molecule has 1 atom stereocenters. The molecule has 0 aliphatic heterocycles. The van der Waals surface area contributed by atoms with Gasteiger partial charge in [-0.25, -0.2) is 4.98 Å². The minimum Gasteiger partial charge on any atom is -0.495 e. The van der Waals surface area contributed by atoms with E-state index in [1.807, 2.05) is 109 Å². The number of methoxy groups -OCH3 is 1. The smallest absolute Gasteiger partial charge is 0.244 e. The van der Waals surface area contributed by atoms with E-state index in [-0.39, 0.29) is 5.91 Å². The van der Waals surface area contributed by atoms with Crippen LogP contribution in [0.15, 0.2) is 113 Å². The second kappa shape index (κ2) is 13.6. The number of halogens is 1. The molecule has 5 rings (SSSR count). The monoisotopic (exact) mass is 616 g/mol. The summed E-state index contributed by atoms with van der Waals surface area (Å²) < 4.78 is 5.39. The maximum Gasteiger partial charge on any atom is 0.244 e. The number of amides is 1. The first-order valence-corrected chi connectivity index (χ1v) is 15.1. The van der Waals surface area contributed by atoms with Crippen molar-refractivity contribution >= 4 is 74.4 Å². The van der Waals surface area contributed by atoms with Crippen molar-refractivity contribution in [2.24, 2.45) is 0 Å². The summed E-state index contributed by atoms with van der Waals surface area (Å²) in [7, 11) is 1.62. The van der Waals surface area contributed by atoms with Crippen LogP contribution in [-0.4, -0.2) is 23.1 Å². The number of rotatable bonds is 9. The lowest BCUT2D eigenvalue weighted by Gasteiger charge is -2.17. The number of nitrogens with zero attached hydrogens (tertiary/aromatic N) is 1. The van der Waals surface area contributed by atoms with Gasteiger partial charge in [-0.3, -0.25) is 4.79 Å². The Kier molecular flexibility index (Phi) is 9.53. The molecule has 1 heterocycles. The van der Waals surface area contributed by atoms with Crippen molar-refractivity contribution < 1.29 is 9.53 Å². The minimum absolute atomic E-state index is 0.162. The third-order valence-corrected chi connectivity index (χ3v) is 8.38. The number of benzene rings is 4. The van der Waals surface area contributed by atoms with E-state index in [0.717, 1.165) is 33.1 Å². The molecule has 3 N–H and O–H groups in total. The van der Waals surface area contributed by atoms with E-state index in [1.165, 1.54) is 23.1 Å². The van der Waals surface area contributed by atoms with Crippen LogP contribution in [0.3, 0.4) is 0 Å². The summed E-state index contributed by atoms with van der Waals surface area (Å²) in [6.45, 7) is 0. The lowest BCUT2D eigenvalue weighted by molar-refractivity contribution is -0.115. The van der Waals surface area contributed by atoms with Crippen molar-refractivity contribution in [1.82, 2.24) is 4.98 Å². The van der Waals surface area contributed by atoms with Crippen LogP contribution >= 0.6 is 46.9 Å². The van der Waals surface area contributed by atoms with Crippen molar-refractivity contribution in [2.75, 3.05) is 23.1 Å². The Labute approximate surface area is 257 Å². The van der Waals surface area contributed by atoms with Crippen molar-refractivity contribution in [3.05, 3.63) is 119 Å². The molecule has 1 unspecified atom stereocenters. The van der Waals surface area contributed by atoms with Gasteiger partial charge in [0.25, 0.3) is 0 Å². The molecule has 0 spiro atoms. The van der Waals surface area contributed by atoms with Gasteiger partial charge in [0.2, 0.25) is 5.91 Å². The number of nitrogens with one attached hydrogen (secondary N) is 3. The highest BCUT2D eigenvalue weighted by molar-refractivity contribution is 8.00. The van der Waals surface area contributed by atoms with Gasteiger partial charge in [-0.1, -0.05) is 72.3 Å². The predicted octanol–water partition coefficient (Wildman–Crippen LogP) is 8.75. The van der Waals surface area contributed by atoms with Crippen LogP contribution in [0.5, 0.6) is 5.75 Å². The Hall–Kier alpha value is -3.89. The van der Waals surface area contributed by atoms with Crippen molar-refractivity contribution in [1.29, 1.82) is 0 Å². The van der Waals surface area contributed by atoms with Crippen molar-refractivity contribution in [2.45, 2.75) is 10.1 Å². The topological polar surface area (TPSA) is 75.3 Å². The number of carbonyl (C=O) groups is 1. The molecule has 0 saturated heterocycles. The second-order valence-electron chi connectivity index (χ2n) is 8.75. The summed E-state index contributed by atoms with van der Waals surface area (Å²) >= 11 is 14.4. The van der Waals surface area contributed by atoms with Crippen LogP contribution in [0.1, 0.15) is 10.8 Å². The van der Waals surface area contributed by atoms with Crippen LogP contribution in [0.4, 0.5) is 16.5 Å². The maximum atomic E-state index is 13.6. The van der Waals surface area contributed by atoms with Gasteiger partial charge < -0.3 is 20.7 Å². The molecule has 6 nitrogen and oxygen atoms in total. The molecule has 0 aliphatic rings. The summed E-state index contributed by atoms with van der Waals surface area (Å²) in [6.07, 6.45) is 0. The average molecular weight is 617 g/mol. The summed E-state index contributed by atoms with van der Waals surface area (Å²) in [5.74, 6) is 0.531. The quantitative estimate of drug-likeness (QED) is 0.113. The molecule has 41 heavy (non-hydrogen) atoms. The van der Waals surface area contributed by atoms with E-state index < -0.39 is 5.25 Å². The summed E-state index contributed by atoms with van der Waals surface area (Å²) in [5, 5.41) is 12.4. The van der Waals surface area contributed by atoms with E-state index >= 15 is 0 Å². The molecule has 10 heteroatoms. The second-order valence-corrected chi connectivity index (χ2v) is 11.6. The third-order valence-electron chi connectivity index (χ3n) is 5.92. The molecule has 1 amide bonds. The Morgan fingerprint density at radius 2 is 1.68 bits per heavy atom. The normalized spacial score (nSPS) is 11.4. The summed E-state index contributed by atoms with van der Waals surface area (Å²) in [6, 6.07) is 32.5. The fourth-order valence-electron chi connectivity index (χ4n) is 3.97. The molecule has 206 valence electrons. The van der Waals surface area contributed by atoms with Gasteiger partial charge in [-0.2, -0.15) is 0 Å². The standard InChI is InChI=1S/C31H25ClN4O2S3/c1-38-27-13-6-5-12-25(27)34-30(39)33-23-10-7-11-24(18-23)41-28(21-8-3-2-4-9-21)29(37)36-31-35-26(19-40-31)20-14-16-22(32)17-15-20/h2-19,28H,1H3,(H2,33,34,39)(H,35,36,37). The predicted molar refractivity (Wildman–Crippen MR) is 176 cm³/mol. The van der Waals surface area contributed by atoms with Crippen LogP contribution in [-0.2, 0) is 4.79 Å². The zero-order valence-corrected chi connectivity index (χ0v) is 25.0. The van der Waals surface area contributed by atoms with E-state index in [0.29, 0.717) is 21.0 Å². The highest BCUT2D eigenvalue weighted by atomic mass is 35.5. The zero-order chi connectivity index (χ0) is 28.6. The van der Waals surface area contributed by atoms with Gasteiger partial charge >= 0.3 is 0 Å². The summed E-state index contributed by atoms with van der Waals surface area (Å²) in [5.41, 5.74) is 4.16. The molecule has 0 saturated carbocycles. The summed E-state index contributed by atoms with van der Waals surface area (Å²) in [4.78, 5) is 19.1. The van der Waals surface area contributed by atoms with Gasteiger partial charge in [0.15, 0.2) is 10.2 Å². The third kappa shape index (κ3) is 7.65. The van der Waals surface area contributed by atoms with Crippen LogP contribution in [0.25, 0.3) is 11.3 Å². The number of para-hydroxylation sites is 2. The van der Waals surface area contributed by atoms with Gasteiger partial charge in [-0.05, 0) is 60.2 Å². The first kappa shape index (κ1) is 28.6. The SMILES string of the molecule is COc1ccccc1NC(=S)Nc1cccc(SC(C(=O)Nc2nc(-c3ccc(Cl)cc3)cs2)c2ccccc2)c1. The Balaban J connectivity index is 1.30. The number of thioether (sulfide) groups is 1. The van der Waals surface area contributed by atoms with Crippen molar-refractivity contribution in [3.63, 3.8) is 0 Å². The number of carbonyl (C=O) groups excluding carboxylic acids is 1. The Morgan fingerprint density at radius 3 is 2.46 bits per heavy atom. The Morgan fingerprint density at radius 1 is 0.927 bits per heavy atom. The molecule has 0 fully saturated rings. The number of thiazole rings is 1. The highest BCUT2D eigenvalue weighted by Crippen LogP contribution is 2.38. The highest BCUT2D eigenvalue weighted by Gasteiger charge is 2.23. The molecule has 0 aliphatic carbocycles. The van der Waals surface area contributed by atoms with Crippen molar-refractivity contribution in [3.8, 4) is 17.0 Å². The number of anilines is 3. The maximum absolute atomic E-state index is 13.6. The first-order valence-electron chi connectivity index (χ1n) is 12.5. The van der Waals surface area contributed by atoms with E-state index in [4.69, 9.17) is 28.6 Å². The molecule has 0 bridgehead atoms. The van der Waals surface area contributed by atoms with E-state index in [1.54, 1.807) is 7.11 Å². The number of hydrogen-bond acceptors (Lipinski definition) is 6. The average Bonchev–Trinajstić information content (AvgIpc) is 3.45. The fourth-order valence-corrected chi connectivity index (χ4v) is 6.13. The molecule has 0 radical (unpaired) electrons.